The normalized spacial score (nSPS) is 14.2. The fourth-order valence-electron chi connectivity index (χ4n) is 1.23. The Labute approximate surface area is 94.2 Å². The van der Waals surface area contributed by atoms with Gasteiger partial charge < -0.3 is 5.32 Å². The Morgan fingerprint density at radius 1 is 1.27 bits per heavy atom. The zero-order valence-corrected chi connectivity index (χ0v) is 10.2. The van der Waals surface area contributed by atoms with E-state index in [9.17, 15) is 13.2 Å². The van der Waals surface area contributed by atoms with Crippen molar-refractivity contribution in [3.8, 4) is 0 Å². The molecule has 1 unspecified atom stereocenters. The molecule has 0 rings (SSSR count). The molecule has 15 heavy (non-hydrogen) atoms. The predicted octanol–water partition coefficient (Wildman–Crippen LogP) is 3.80. The summed E-state index contributed by atoms with van der Waals surface area (Å²) in [6.45, 7) is 5.16. The van der Waals surface area contributed by atoms with Crippen molar-refractivity contribution >= 4 is 11.8 Å². The van der Waals surface area contributed by atoms with Crippen LogP contribution in [0, 0.1) is 0 Å². The highest BCUT2D eigenvalue weighted by atomic mass is 32.2. The Morgan fingerprint density at radius 3 is 2.47 bits per heavy atom. The summed E-state index contributed by atoms with van der Waals surface area (Å²) in [5.41, 5.74) is -4.06. The molecular formula is C10H20F3NS. The van der Waals surface area contributed by atoms with Crippen molar-refractivity contribution in [3.05, 3.63) is 0 Å². The molecule has 0 aliphatic heterocycles. The maximum Gasteiger partial charge on any atom is 0.441 e. The number of unbranched alkanes of at least 4 members (excludes halogenated alkanes) is 1. The van der Waals surface area contributed by atoms with E-state index in [0.29, 0.717) is 12.5 Å². The van der Waals surface area contributed by atoms with Crippen molar-refractivity contribution in [2.24, 2.45) is 0 Å². The number of nitrogens with one attached hydrogen (secondary N) is 1. The number of rotatable bonds is 8. The van der Waals surface area contributed by atoms with Gasteiger partial charge in [-0.1, -0.05) is 25.1 Å². The summed E-state index contributed by atoms with van der Waals surface area (Å²) in [5.74, 6) is 0.185. The first kappa shape index (κ1) is 15.1. The molecule has 5 heteroatoms. The molecular weight excluding hydrogens is 223 g/mol. The number of hydrogen-bond acceptors (Lipinski definition) is 2. The van der Waals surface area contributed by atoms with E-state index < -0.39 is 5.51 Å². The summed E-state index contributed by atoms with van der Waals surface area (Å²) in [6, 6.07) is 0.417. The summed E-state index contributed by atoms with van der Waals surface area (Å²) in [7, 11) is 0. The van der Waals surface area contributed by atoms with Crippen LogP contribution >= 0.6 is 11.8 Å². The van der Waals surface area contributed by atoms with Crippen LogP contribution in [0.5, 0.6) is 0 Å². The molecule has 0 bridgehead atoms. The summed E-state index contributed by atoms with van der Waals surface area (Å²) in [6.07, 6.45) is 3.55. The first-order valence-corrected chi connectivity index (χ1v) is 6.38. The molecule has 0 saturated carbocycles. The second-order valence-corrected chi connectivity index (χ2v) is 4.80. The fraction of sp³-hybridized carbons (Fsp3) is 1.00. The van der Waals surface area contributed by atoms with Gasteiger partial charge in [0.1, 0.15) is 0 Å². The molecule has 1 nitrogen and oxygen atoms in total. The van der Waals surface area contributed by atoms with Gasteiger partial charge in [0, 0.05) is 11.8 Å². The topological polar surface area (TPSA) is 12.0 Å². The highest BCUT2D eigenvalue weighted by molar-refractivity contribution is 8.00. The van der Waals surface area contributed by atoms with Crippen molar-refractivity contribution < 1.29 is 13.2 Å². The van der Waals surface area contributed by atoms with E-state index in [0.717, 1.165) is 25.8 Å². The van der Waals surface area contributed by atoms with Gasteiger partial charge in [0.05, 0.1) is 0 Å². The van der Waals surface area contributed by atoms with Gasteiger partial charge >= 0.3 is 5.51 Å². The van der Waals surface area contributed by atoms with Crippen LogP contribution in [-0.4, -0.2) is 23.8 Å². The average molecular weight is 243 g/mol. The maximum absolute atomic E-state index is 11.8. The Balaban J connectivity index is 3.23. The van der Waals surface area contributed by atoms with Crippen LogP contribution in [0.4, 0.5) is 13.2 Å². The monoisotopic (exact) mass is 243 g/mol. The third-order valence-corrected chi connectivity index (χ3v) is 2.86. The van der Waals surface area contributed by atoms with Gasteiger partial charge in [-0.25, -0.2) is 0 Å². The molecule has 1 atom stereocenters. The molecule has 0 aromatic heterocycles. The quantitative estimate of drug-likeness (QED) is 0.651. The van der Waals surface area contributed by atoms with Crippen LogP contribution in [0.2, 0.25) is 0 Å². The minimum atomic E-state index is -4.06. The third kappa shape index (κ3) is 12.0. The molecule has 0 heterocycles. The second-order valence-electron chi connectivity index (χ2n) is 3.65. The first-order chi connectivity index (χ1) is 6.95. The largest absolute Gasteiger partial charge is 0.441 e. The van der Waals surface area contributed by atoms with Crippen molar-refractivity contribution in [1.29, 1.82) is 0 Å². The minimum absolute atomic E-state index is 0.0827. The molecule has 0 aromatic carbocycles. The van der Waals surface area contributed by atoms with Crippen LogP contribution in [0.15, 0.2) is 0 Å². The van der Waals surface area contributed by atoms with Crippen LogP contribution in [0.1, 0.15) is 39.5 Å². The van der Waals surface area contributed by atoms with Crippen LogP contribution in [0.3, 0.4) is 0 Å². The van der Waals surface area contributed by atoms with Gasteiger partial charge in [0.25, 0.3) is 0 Å². The number of alkyl halides is 3. The molecule has 0 aliphatic carbocycles. The van der Waals surface area contributed by atoms with Gasteiger partial charge in [-0.3, -0.25) is 0 Å². The highest BCUT2D eigenvalue weighted by Gasteiger charge is 2.27. The lowest BCUT2D eigenvalue weighted by Crippen LogP contribution is -2.26. The predicted molar refractivity (Wildman–Crippen MR) is 60.1 cm³/mol. The first-order valence-electron chi connectivity index (χ1n) is 5.39. The Kier molecular flexibility index (Phi) is 8.33. The number of halogens is 3. The van der Waals surface area contributed by atoms with Gasteiger partial charge in [0.15, 0.2) is 0 Å². The van der Waals surface area contributed by atoms with E-state index in [4.69, 9.17) is 0 Å². The van der Waals surface area contributed by atoms with Crippen molar-refractivity contribution in [3.63, 3.8) is 0 Å². The van der Waals surface area contributed by atoms with E-state index in [1.54, 1.807) is 0 Å². The fourth-order valence-corrected chi connectivity index (χ4v) is 1.81. The molecule has 0 aliphatic rings. The molecule has 0 fully saturated rings. The molecule has 92 valence electrons. The Hall–Kier alpha value is 0.100. The summed E-state index contributed by atoms with van der Waals surface area (Å²) < 4.78 is 35.3. The highest BCUT2D eigenvalue weighted by Crippen LogP contribution is 2.30. The van der Waals surface area contributed by atoms with E-state index in [2.05, 4.69) is 19.2 Å². The molecule has 1 N–H and O–H groups in total. The van der Waals surface area contributed by atoms with E-state index >= 15 is 0 Å². The maximum atomic E-state index is 11.8. The van der Waals surface area contributed by atoms with Crippen molar-refractivity contribution in [2.75, 3.05) is 12.3 Å². The van der Waals surface area contributed by atoms with Crippen molar-refractivity contribution in [2.45, 2.75) is 51.1 Å². The minimum Gasteiger partial charge on any atom is -0.314 e. The van der Waals surface area contributed by atoms with Gasteiger partial charge in [-0.15, -0.1) is 0 Å². The van der Waals surface area contributed by atoms with Crippen LogP contribution in [-0.2, 0) is 0 Å². The summed E-state index contributed by atoms with van der Waals surface area (Å²) in [5, 5.41) is 3.31. The van der Waals surface area contributed by atoms with Gasteiger partial charge in [-0.2, -0.15) is 13.2 Å². The molecule has 0 radical (unpaired) electrons. The van der Waals surface area contributed by atoms with E-state index in [1.165, 1.54) is 0 Å². The van der Waals surface area contributed by atoms with Crippen molar-refractivity contribution in [1.82, 2.24) is 5.32 Å². The SMILES string of the molecule is CCCNC(C)CCCCSC(F)(F)F. The molecule has 0 aromatic rings. The lowest BCUT2D eigenvalue weighted by molar-refractivity contribution is -0.0328. The lowest BCUT2D eigenvalue weighted by Gasteiger charge is -2.12. The Bertz CT molecular complexity index is 150. The summed E-state index contributed by atoms with van der Waals surface area (Å²) >= 11 is 0.0827. The van der Waals surface area contributed by atoms with Crippen LogP contribution < -0.4 is 5.32 Å². The second kappa shape index (κ2) is 8.28. The van der Waals surface area contributed by atoms with Gasteiger partial charge in [0.2, 0.25) is 0 Å². The number of hydrogen-bond donors (Lipinski definition) is 1. The smallest absolute Gasteiger partial charge is 0.314 e. The standard InChI is InChI=1S/C10H20F3NS/c1-3-7-14-9(2)6-4-5-8-15-10(11,12)13/h9,14H,3-8H2,1-2H3. The van der Waals surface area contributed by atoms with E-state index in [-0.39, 0.29) is 17.5 Å². The zero-order valence-electron chi connectivity index (χ0n) is 9.36. The van der Waals surface area contributed by atoms with E-state index in [1.807, 2.05) is 0 Å². The Morgan fingerprint density at radius 2 is 1.93 bits per heavy atom. The van der Waals surface area contributed by atoms with Gasteiger partial charge in [-0.05, 0) is 32.7 Å². The number of thioether (sulfide) groups is 1. The molecule has 0 spiro atoms. The molecule has 0 amide bonds. The summed E-state index contributed by atoms with van der Waals surface area (Å²) in [4.78, 5) is 0. The lowest BCUT2D eigenvalue weighted by atomic mass is 10.1. The molecule has 0 saturated heterocycles. The zero-order chi connectivity index (χ0) is 11.7. The average Bonchev–Trinajstić information content (AvgIpc) is 2.12. The third-order valence-electron chi connectivity index (χ3n) is 2.04. The van der Waals surface area contributed by atoms with Crippen LogP contribution in [0.25, 0.3) is 0 Å².